The van der Waals surface area contributed by atoms with E-state index in [9.17, 15) is 19.3 Å². The van der Waals surface area contributed by atoms with E-state index in [4.69, 9.17) is 14.9 Å². The number of unbranched alkanes of at least 4 members (excludes halogenated alkanes) is 15. The molecule has 38 heavy (non-hydrogen) atoms. The van der Waals surface area contributed by atoms with Crippen LogP contribution < -0.4 is 0 Å². The molecular weight excluding hydrogens is 486 g/mol. The zero-order valence-electron chi connectivity index (χ0n) is 24.0. The molecule has 2 N–H and O–H groups in total. The third-order valence-corrected chi connectivity index (χ3v) is 5.56. The predicted molar refractivity (Wildman–Crippen MR) is 155 cm³/mol. The van der Waals surface area contributed by atoms with Crippen molar-refractivity contribution in [3.8, 4) is 0 Å². The summed E-state index contributed by atoms with van der Waals surface area (Å²) in [6, 6.07) is 0. The van der Waals surface area contributed by atoms with Crippen LogP contribution in [0.3, 0.4) is 0 Å². The molecule has 0 aromatic carbocycles. The van der Waals surface area contributed by atoms with Gasteiger partial charge < -0.3 is 14.9 Å². The summed E-state index contributed by atoms with van der Waals surface area (Å²) < 4.78 is 5.14. The van der Waals surface area contributed by atoms with Crippen molar-refractivity contribution in [1.29, 1.82) is 0 Å². The Labute approximate surface area is 230 Å². The van der Waals surface area contributed by atoms with E-state index in [0.29, 0.717) is 18.6 Å². The molecule has 8 nitrogen and oxygen atoms in total. The standard InChI is InChI=1S/C23H43NO3.C4H6O2.C3H4O2/c1-3-4-5-6-7-8-9-10-11-12-13-14-15-16-17-18-21-27-23(25)22(2)19-20-24-26;1-3(2)4(5)6;1-2-3(4)5/h2-21H2,1H3;1H2,2H3,(H,5,6);2H,1H2,(H,4,5). The van der Waals surface area contributed by atoms with E-state index < -0.39 is 11.9 Å². The van der Waals surface area contributed by atoms with E-state index in [-0.39, 0.29) is 18.1 Å². The van der Waals surface area contributed by atoms with Gasteiger partial charge in [-0.05, 0) is 13.3 Å². The molecule has 0 amide bonds. The van der Waals surface area contributed by atoms with Crippen LogP contribution in [-0.4, -0.2) is 41.3 Å². The summed E-state index contributed by atoms with van der Waals surface area (Å²) in [4.78, 5) is 40.4. The topological polar surface area (TPSA) is 130 Å². The van der Waals surface area contributed by atoms with Crippen molar-refractivity contribution < 1.29 is 29.3 Å². The number of carbonyl (C=O) groups excluding carboxylic acids is 1. The van der Waals surface area contributed by atoms with Gasteiger partial charge in [0.2, 0.25) is 0 Å². The van der Waals surface area contributed by atoms with Gasteiger partial charge in [0.1, 0.15) is 0 Å². The number of nitrogens with zero attached hydrogens (tertiary/aromatic N) is 1. The molecule has 0 unspecified atom stereocenters. The Morgan fingerprint density at radius 2 is 1.11 bits per heavy atom. The number of rotatable bonds is 23. The van der Waals surface area contributed by atoms with Crippen LogP contribution >= 0.6 is 0 Å². The lowest BCUT2D eigenvalue weighted by atomic mass is 10.0. The molecule has 0 bridgehead atoms. The molecule has 0 heterocycles. The van der Waals surface area contributed by atoms with E-state index in [1.54, 1.807) is 0 Å². The molecule has 0 spiro atoms. The van der Waals surface area contributed by atoms with E-state index >= 15 is 0 Å². The summed E-state index contributed by atoms with van der Waals surface area (Å²) >= 11 is 0. The average molecular weight is 540 g/mol. The van der Waals surface area contributed by atoms with E-state index in [2.05, 4.69) is 31.8 Å². The molecule has 8 heteroatoms. The van der Waals surface area contributed by atoms with Gasteiger partial charge in [0.25, 0.3) is 0 Å². The second-order valence-corrected chi connectivity index (χ2v) is 9.27. The van der Waals surface area contributed by atoms with Crippen molar-refractivity contribution in [3.05, 3.63) is 41.9 Å². The number of hydrogen-bond donors (Lipinski definition) is 2. The summed E-state index contributed by atoms with van der Waals surface area (Å²) in [6.07, 6.45) is 22.4. The Hall–Kier alpha value is -2.77. The molecule has 0 aliphatic carbocycles. The highest BCUT2D eigenvalue weighted by atomic mass is 16.5. The quantitative estimate of drug-likeness (QED) is 0.0576. The van der Waals surface area contributed by atoms with Crippen LogP contribution in [0, 0.1) is 4.91 Å². The molecule has 0 aliphatic rings. The highest BCUT2D eigenvalue weighted by molar-refractivity contribution is 5.87. The lowest BCUT2D eigenvalue weighted by Crippen LogP contribution is -2.09. The van der Waals surface area contributed by atoms with Gasteiger partial charge >= 0.3 is 17.9 Å². The highest BCUT2D eigenvalue weighted by Crippen LogP contribution is 2.13. The molecule has 0 rings (SSSR count). The molecule has 220 valence electrons. The van der Waals surface area contributed by atoms with Crippen molar-refractivity contribution in [2.75, 3.05) is 13.2 Å². The predicted octanol–water partition coefficient (Wildman–Crippen LogP) is 8.41. The second-order valence-electron chi connectivity index (χ2n) is 9.27. The molecule has 0 aliphatic heterocycles. The van der Waals surface area contributed by atoms with Crippen LogP contribution in [0.1, 0.15) is 123 Å². The third kappa shape index (κ3) is 37.8. The van der Waals surface area contributed by atoms with E-state index in [0.717, 1.165) is 18.9 Å². The Morgan fingerprint density at radius 3 is 1.39 bits per heavy atom. The fourth-order valence-electron chi connectivity index (χ4n) is 3.20. The first-order valence-corrected chi connectivity index (χ1v) is 14.0. The number of nitroso groups, excluding NO2 is 1. The summed E-state index contributed by atoms with van der Waals surface area (Å²) in [5.74, 6) is -2.31. The number of carboxylic acid groups (broad SMARTS) is 2. The van der Waals surface area contributed by atoms with Crippen molar-refractivity contribution in [1.82, 2.24) is 0 Å². The monoisotopic (exact) mass is 539 g/mol. The zero-order chi connectivity index (χ0) is 29.4. The molecule has 0 fully saturated rings. The molecule has 0 atom stereocenters. The summed E-state index contributed by atoms with van der Waals surface area (Å²) in [5.41, 5.74) is 0.515. The highest BCUT2D eigenvalue weighted by Gasteiger charge is 2.07. The minimum absolute atomic E-state index is 0.0903. The zero-order valence-corrected chi connectivity index (χ0v) is 24.0. The van der Waals surface area contributed by atoms with Crippen molar-refractivity contribution >= 4 is 17.9 Å². The number of carboxylic acids is 2. The van der Waals surface area contributed by atoms with Gasteiger partial charge in [-0.25, -0.2) is 14.4 Å². The Kier molecular flexibility index (Phi) is 33.7. The lowest BCUT2D eigenvalue weighted by molar-refractivity contribution is -0.139. The maximum absolute atomic E-state index is 11.5. The minimum atomic E-state index is -0.981. The van der Waals surface area contributed by atoms with Gasteiger partial charge in [0, 0.05) is 23.6 Å². The van der Waals surface area contributed by atoms with Crippen LogP contribution in [0.15, 0.2) is 42.1 Å². The Balaban J connectivity index is -0.000000924. The van der Waals surface area contributed by atoms with E-state index in [1.165, 1.54) is 96.8 Å². The van der Waals surface area contributed by atoms with Gasteiger partial charge in [-0.3, -0.25) is 0 Å². The number of esters is 1. The van der Waals surface area contributed by atoms with Gasteiger partial charge in [0.15, 0.2) is 0 Å². The maximum Gasteiger partial charge on any atom is 0.333 e. The van der Waals surface area contributed by atoms with Crippen molar-refractivity contribution in [2.24, 2.45) is 5.18 Å². The number of carbonyl (C=O) groups is 3. The fourth-order valence-corrected chi connectivity index (χ4v) is 3.20. The fraction of sp³-hybridized carbons (Fsp3) is 0.700. The van der Waals surface area contributed by atoms with Gasteiger partial charge in [-0.15, -0.1) is 0 Å². The smallest absolute Gasteiger partial charge is 0.333 e. The van der Waals surface area contributed by atoms with Crippen LogP contribution in [0.4, 0.5) is 0 Å². The summed E-state index contributed by atoms with van der Waals surface area (Å²) in [5, 5.41) is 18.2. The van der Waals surface area contributed by atoms with Crippen molar-refractivity contribution in [3.63, 3.8) is 0 Å². The largest absolute Gasteiger partial charge is 0.478 e. The first kappa shape index (κ1) is 39.7. The lowest BCUT2D eigenvalue weighted by Gasteiger charge is -2.06. The molecule has 0 saturated heterocycles. The summed E-state index contributed by atoms with van der Waals surface area (Å²) in [7, 11) is 0. The first-order chi connectivity index (χ1) is 18.1. The normalized spacial score (nSPS) is 9.63. The molecule has 0 aromatic rings. The molecule has 0 aromatic heterocycles. The van der Waals surface area contributed by atoms with Crippen LogP contribution in [0.25, 0.3) is 0 Å². The van der Waals surface area contributed by atoms with Gasteiger partial charge in [-0.1, -0.05) is 128 Å². The van der Waals surface area contributed by atoms with E-state index in [1.807, 2.05) is 0 Å². The number of hydrogen-bond acceptors (Lipinski definition) is 6. The molecule has 0 saturated carbocycles. The number of aliphatic carboxylic acids is 2. The minimum Gasteiger partial charge on any atom is -0.478 e. The van der Waals surface area contributed by atoms with Crippen LogP contribution in [0.5, 0.6) is 0 Å². The Bertz CT molecular complexity index is 647. The Morgan fingerprint density at radius 1 is 0.763 bits per heavy atom. The van der Waals surface area contributed by atoms with Crippen LogP contribution in [0.2, 0.25) is 0 Å². The molecule has 0 radical (unpaired) electrons. The summed E-state index contributed by atoms with van der Waals surface area (Å²) in [6.45, 7) is 14.0. The second kappa shape index (κ2) is 32.3. The SMILES string of the molecule is C=C(C)C(=O)O.C=C(CCN=O)C(=O)OCCCCCCCCCCCCCCCCCC.C=CC(=O)O. The van der Waals surface area contributed by atoms with Gasteiger partial charge in [0.05, 0.1) is 13.2 Å². The first-order valence-electron chi connectivity index (χ1n) is 14.0. The average Bonchev–Trinajstić information content (AvgIpc) is 2.89. The molecular formula is C30H53NO7. The van der Waals surface area contributed by atoms with Crippen molar-refractivity contribution in [2.45, 2.75) is 123 Å². The van der Waals surface area contributed by atoms with Gasteiger partial charge in [-0.2, -0.15) is 4.91 Å². The maximum atomic E-state index is 11.5. The number of ether oxygens (including phenoxy) is 1. The third-order valence-electron chi connectivity index (χ3n) is 5.56. The van der Waals surface area contributed by atoms with Crippen LogP contribution in [-0.2, 0) is 19.1 Å².